The van der Waals surface area contributed by atoms with Crippen molar-refractivity contribution in [3.05, 3.63) is 29.8 Å². The summed E-state index contributed by atoms with van der Waals surface area (Å²) < 4.78 is 0. The van der Waals surface area contributed by atoms with Crippen molar-refractivity contribution in [1.29, 1.82) is 0 Å². The minimum atomic E-state index is -0.786. The molecular weight excluding hydrogens is 300 g/mol. The molecule has 0 bridgehead atoms. The summed E-state index contributed by atoms with van der Waals surface area (Å²) in [5, 5.41) is 2.90. The molecule has 1 heterocycles. The van der Waals surface area contributed by atoms with E-state index >= 15 is 0 Å². The molecular formula is C19H32N4O. The highest BCUT2D eigenvalue weighted by molar-refractivity contribution is 5.84. The summed E-state index contributed by atoms with van der Waals surface area (Å²) in [5.74, 6) is -0.0748. The van der Waals surface area contributed by atoms with Gasteiger partial charge in [0.25, 0.3) is 0 Å². The van der Waals surface area contributed by atoms with Crippen LogP contribution in [-0.4, -0.2) is 55.6 Å². The average molecular weight is 332 g/mol. The third-order valence-corrected chi connectivity index (χ3v) is 4.51. The fourth-order valence-electron chi connectivity index (χ4n) is 2.94. The van der Waals surface area contributed by atoms with Crippen LogP contribution in [0.3, 0.4) is 0 Å². The predicted molar refractivity (Wildman–Crippen MR) is 100 cm³/mol. The van der Waals surface area contributed by atoms with Crippen LogP contribution in [0.2, 0.25) is 0 Å². The number of rotatable bonds is 7. The summed E-state index contributed by atoms with van der Waals surface area (Å²) in [4.78, 5) is 16.7. The zero-order valence-electron chi connectivity index (χ0n) is 15.3. The first kappa shape index (κ1) is 18.7. The molecule has 2 rings (SSSR count). The largest absolute Gasteiger partial charge is 0.369 e. The summed E-state index contributed by atoms with van der Waals surface area (Å²) >= 11 is 0. The molecule has 1 fully saturated rings. The molecule has 5 nitrogen and oxygen atoms in total. The minimum Gasteiger partial charge on any atom is -0.369 e. The number of hydrogen-bond donors (Lipinski definition) is 2. The van der Waals surface area contributed by atoms with Crippen molar-refractivity contribution in [3.63, 3.8) is 0 Å². The lowest BCUT2D eigenvalue weighted by atomic mass is 10.1. The molecule has 0 atom stereocenters. The number of carbonyl (C=O) groups is 1. The Morgan fingerprint density at radius 2 is 1.92 bits per heavy atom. The molecule has 1 saturated heterocycles. The van der Waals surface area contributed by atoms with E-state index in [1.54, 1.807) is 13.8 Å². The van der Waals surface area contributed by atoms with Crippen LogP contribution < -0.4 is 16.0 Å². The molecule has 1 aromatic carbocycles. The topological polar surface area (TPSA) is 61.6 Å². The van der Waals surface area contributed by atoms with Gasteiger partial charge in [0.2, 0.25) is 5.91 Å². The summed E-state index contributed by atoms with van der Waals surface area (Å²) in [6, 6.07) is 8.74. The van der Waals surface area contributed by atoms with Gasteiger partial charge in [0, 0.05) is 38.4 Å². The van der Waals surface area contributed by atoms with Crippen molar-refractivity contribution in [1.82, 2.24) is 10.2 Å². The van der Waals surface area contributed by atoms with Crippen LogP contribution in [0.15, 0.2) is 24.3 Å². The van der Waals surface area contributed by atoms with Gasteiger partial charge in [0.15, 0.2) is 0 Å². The monoisotopic (exact) mass is 332 g/mol. The van der Waals surface area contributed by atoms with Gasteiger partial charge in [-0.2, -0.15) is 0 Å². The van der Waals surface area contributed by atoms with Crippen molar-refractivity contribution >= 4 is 11.6 Å². The number of piperazine rings is 1. The van der Waals surface area contributed by atoms with Crippen molar-refractivity contribution in [2.24, 2.45) is 5.73 Å². The second kappa shape index (κ2) is 8.49. The van der Waals surface area contributed by atoms with Crippen LogP contribution in [0.25, 0.3) is 0 Å². The van der Waals surface area contributed by atoms with Crippen LogP contribution in [0.5, 0.6) is 0 Å². The molecule has 0 aliphatic carbocycles. The highest BCUT2D eigenvalue weighted by atomic mass is 16.2. The highest BCUT2D eigenvalue weighted by Gasteiger charge is 2.21. The van der Waals surface area contributed by atoms with Crippen LogP contribution in [0.4, 0.5) is 5.69 Å². The third-order valence-electron chi connectivity index (χ3n) is 4.51. The molecule has 24 heavy (non-hydrogen) atoms. The second-order valence-corrected chi connectivity index (χ2v) is 7.35. The van der Waals surface area contributed by atoms with E-state index in [2.05, 4.69) is 46.3 Å². The minimum absolute atomic E-state index is 0.0748. The van der Waals surface area contributed by atoms with Crippen LogP contribution in [0.1, 0.15) is 32.3 Å². The number of aryl methyl sites for hydroxylation is 1. The molecule has 0 aromatic heterocycles. The van der Waals surface area contributed by atoms with Gasteiger partial charge in [-0.15, -0.1) is 0 Å². The van der Waals surface area contributed by atoms with E-state index in [9.17, 15) is 4.79 Å². The lowest BCUT2D eigenvalue weighted by Gasteiger charge is -2.36. The third kappa shape index (κ3) is 5.80. The van der Waals surface area contributed by atoms with E-state index in [0.29, 0.717) is 6.54 Å². The van der Waals surface area contributed by atoms with Gasteiger partial charge in [-0.25, -0.2) is 0 Å². The van der Waals surface area contributed by atoms with Gasteiger partial charge in [0.05, 0.1) is 5.54 Å². The molecule has 1 amide bonds. The Morgan fingerprint density at radius 3 is 2.54 bits per heavy atom. The first-order valence-electron chi connectivity index (χ1n) is 8.97. The Kier molecular flexibility index (Phi) is 6.63. The smallest absolute Gasteiger partial charge is 0.239 e. The van der Waals surface area contributed by atoms with E-state index < -0.39 is 5.54 Å². The second-order valence-electron chi connectivity index (χ2n) is 7.35. The molecule has 0 spiro atoms. The Bertz CT molecular complexity index is 530. The molecule has 1 aliphatic rings. The first-order chi connectivity index (χ1) is 11.4. The van der Waals surface area contributed by atoms with Crippen LogP contribution in [0, 0.1) is 6.92 Å². The summed E-state index contributed by atoms with van der Waals surface area (Å²) in [7, 11) is 0. The molecule has 3 N–H and O–H groups in total. The molecule has 0 radical (unpaired) electrons. The van der Waals surface area contributed by atoms with E-state index in [-0.39, 0.29) is 5.91 Å². The number of amides is 1. The first-order valence-corrected chi connectivity index (χ1v) is 8.97. The molecule has 0 saturated carbocycles. The molecule has 1 aliphatic heterocycles. The maximum Gasteiger partial charge on any atom is 0.239 e. The van der Waals surface area contributed by atoms with Crippen molar-refractivity contribution in [2.75, 3.05) is 44.2 Å². The quantitative estimate of drug-likeness (QED) is 0.747. The Labute approximate surface area is 146 Å². The summed E-state index contributed by atoms with van der Waals surface area (Å²) in [6.45, 7) is 11.8. The maximum atomic E-state index is 11.7. The Hall–Kier alpha value is -1.59. The lowest BCUT2D eigenvalue weighted by Crippen LogP contribution is -2.49. The number of anilines is 1. The van der Waals surface area contributed by atoms with Crippen molar-refractivity contribution < 1.29 is 4.79 Å². The van der Waals surface area contributed by atoms with E-state index in [1.807, 2.05) is 0 Å². The number of benzene rings is 1. The van der Waals surface area contributed by atoms with E-state index in [0.717, 1.165) is 45.6 Å². The summed E-state index contributed by atoms with van der Waals surface area (Å²) in [5.41, 5.74) is 7.62. The fourth-order valence-corrected chi connectivity index (χ4v) is 2.94. The predicted octanol–water partition coefficient (Wildman–Crippen LogP) is 1.75. The van der Waals surface area contributed by atoms with Gasteiger partial charge in [-0.05, 0) is 57.9 Å². The normalized spacial score (nSPS) is 16.2. The van der Waals surface area contributed by atoms with Gasteiger partial charge in [-0.3, -0.25) is 9.69 Å². The van der Waals surface area contributed by atoms with Gasteiger partial charge in [-0.1, -0.05) is 12.1 Å². The Balaban J connectivity index is 1.61. The van der Waals surface area contributed by atoms with Crippen molar-refractivity contribution in [2.45, 2.75) is 39.2 Å². The maximum absolute atomic E-state index is 11.7. The zero-order valence-corrected chi connectivity index (χ0v) is 15.3. The molecule has 0 unspecified atom stereocenters. The van der Waals surface area contributed by atoms with Crippen LogP contribution >= 0.6 is 0 Å². The number of nitrogens with zero attached hydrogens (tertiary/aromatic N) is 2. The van der Waals surface area contributed by atoms with E-state index in [4.69, 9.17) is 5.73 Å². The highest BCUT2D eigenvalue weighted by Crippen LogP contribution is 2.17. The zero-order chi connectivity index (χ0) is 17.6. The van der Waals surface area contributed by atoms with Crippen molar-refractivity contribution in [3.8, 4) is 0 Å². The average Bonchev–Trinajstić information content (AvgIpc) is 2.54. The molecule has 1 aromatic rings. The van der Waals surface area contributed by atoms with Gasteiger partial charge < -0.3 is 16.0 Å². The molecule has 5 heteroatoms. The van der Waals surface area contributed by atoms with Gasteiger partial charge >= 0.3 is 0 Å². The SMILES string of the molecule is Cc1cccc(N2CCN(CCCCNC(=O)C(C)(C)N)CC2)c1. The van der Waals surface area contributed by atoms with Gasteiger partial charge in [0.1, 0.15) is 0 Å². The number of hydrogen-bond acceptors (Lipinski definition) is 4. The number of carbonyl (C=O) groups excluding carboxylic acids is 1. The lowest BCUT2D eigenvalue weighted by molar-refractivity contribution is -0.125. The molecule has 134 valence electrons. The number of nitrogens with one attached hydrogen (secondary N) is 1. The number of unbranched alkanes of at least 4 members (excludes halogenated alkanes) is 1. The number of nitrogens with two attached hydrogens (primary N) is 1. The fraction of sp³-hybridized carbons (Fsp3) is 0.632. The van der Waals surface area contributed by atoms with Crippen LogP contribution in [-0.2, 0) is 4.79 Å². The van der Waals surface area contributed by atoms with E-state index in [1.165, 1.54) is 11.3 Å². The summed E-state index contributed by atoms with van der Waals surface area (Å²) in [6.07, 6.45) is 2.11. The Morgan fingerprint density at radius 1 is 1.21 bits per heavy atom. The standard InChI is InChI=1S/C19H32N4O/c1-16-7-6-8-17(15-16)23-13-11-22(12-14-23)10-5-4-9-21-18(24)19(2,3)20/h6-8,15H,4-5,9-14,20H2,1-3H3,(H,21,24).